The number of H-pyrrole nitrogens is 1. The zero-order valence-corrected chi connectivity index (χ0v) is 18.3. The lowest BCUT2D eigenvalue weighted by Crippen LogP contribution is -2.01. The zero-order chi connectivity index (χ0) is 24.2. The van der Waals surface area contributed by atoms with Crippen LogP contribution in [0.1, 0.15) is 17.5 Å². The van der Waals surface area contributed by atoms with Crippen molar-refractivity contribution in [3.63, 3.8) is 0 Å². The van der Waals surface area contributed by atoms with Crippen molar-refractivity contribution in [3.05, 3.63) is 78.0 Å². The fourth-order valence-corrected chi connectivity index (χ4v) is 2.61. The summed E-state index contributed by atoms with van der Waals surface area (Å²) in [6.07, 6.45) is 7.23. The van der Waals surface area contributed by atoms with Crippen molar-refractivity contribution < 1.29 is 29.3 Å². The predicted molar refractivity (Wildman–Crippen MR) is 127 cm³/mol. The van der Waals surface area contributed by atoms with E-state index in [0.717, 1.165) is 5.82 Å². The van der Waals surface area contributed by atoms with Gasteiger partial charge in [-0.1, -0.05) is 24.3 Å². The first-order valence-electron chi connectivity index (χ1n) is 9.87. The maximum atomic E-state index is 11.9. The molecule has 0 unspecified atom stereocenters. The molecule has 1 aromatic heterocycles. The lowest BCUT2D eigenvalue weighted by molar-refractivity contribution is -0.121. The number of carbonyl (C=O) groups excluding carboxylic acids is 2. The summed E-state index contributed by atoms with van der Waals surface area (Å²) in [5, 5.41) is 19.1. The van der Waals surface area contributed by atoms with Gasteiger partial charge in [-0.05, 0) is 59.7 Å². The smallest absolute Gasteiger partial charge is 0.163 e. The van der Waals surface area contributed by atoms with Gasteiger partial charge in [-0.15, -0.1) is 0 Å². The van der Waals surface area contributed by atoms with Gasteiger partial charge in [0.05, 0.1) is 20.6 Å². The van der Waals surface area contributed by atoms with Gasteiger partial charge in [-0.25, -0.2) is 0 Å². The summed E-state index contributed by atoms with van der Waals surface area (Å²) in [4.78, 5) is 26.6. The second kappa shape index (κ2) is 12.4. The van der Waals surface area contributed by atoms with Crippen molar-refractivity contribution in [1.29, 1.82) is 0 Å². The number of aromatic hydroxyl groups is 2. The average Bonchev–Trinajstić information content (AvgIpc) is 3.29. The Morgan fingerprint density at radius 3 is 1.70 bits per heavy atom. The quantitative estimate of drug-likeness (QED) is 0.301. The number of aromatic nitrogens is 1. The highest BCUT2D eigenvalue weighted by Gasteiger charge is 2.06. The summed E-state index contributed by atoms with van der Waals surface area (Å²) in [6.45, 7) is 0. The van der Waals surface area contributed by atoms with E-state index in [1.807, 2.05) is 6.07 Å². The Morgan fingerprint density at radius 2 is 1.36 bits per heavy atom. The fraction of sp³-hybridized carbons (Fsp3) is 0.120. The molecule has 8 nitrogen and oxygen atoms in total. The number of aromatic amines is 1. The number of nitrogen functional groups attached to an aromatic ring is 1. The first-order valence-corrected chi connectivity index (χ1v) is 9.87. The van der Waals surface area contributed by atoms with E-state index in [9.17, 15) is 19.8 Å². The number of carbonyl (C=O) groups is 2. The molecule has 0 atom stereocenters. The van der Waals surface area contributed by atoms with E-state index in [2.05, 4.69) is 4.98 Å². The molecular weight excluding hydrogens is 424 g/mol. The zero-order valence-electron chi connectivity index (χ0n) is 18.3. The first kappa shape index (κ1) is 24.8. The van der Waals surface area contributed by atoms with Crippen LogP contribution in [0, 0.1) is 0 Å². The van der Waals surface area contributed by atoms with Gasteiger partial charge < -0.3 is 30.4 Å². The lowest BCUT2D eigenvalue weighted by Gasteiger charge is -2.03. The number of anilines is 1. The molecule has 0 amide bonds. The van der Waals surface area contributed by atoms with Gasteiger partial charge in [0.15, 0.2) is 34.6 Å². The van der Waals surface area contributed by atoms with Gasteiger partial charge in [0, 0.05) is 6.20 Å². The summed E-state index contributed by atoms with van der Waals surface area (Å²) in [7, 11) is 2.87. The van der Waals surface area contributed by atoms with Crippen molar-refractivity contribution in [1.82, 2.24) is 4.98 Å². The van der Waals surface area contributed by atoms with Crippen LogP contribution in [0.5, 0.6) is 23.0 Å². The fourth-order valence-electron chi connectivity index (χ4n) is 2.61. The number of hydrogen-bond donors (Lipinski definition) is 4. The molecule has 0 radical (unpaired) electrons. The van der Waals surface area contributed by atoms with Crippen LogP contribution in [0.4, 0.5) is 5.82 Å². The van der Waals surface area contributed by atoms with Gasteiger partial charge in [-0.3, -0.25) is 9.59 Å². The molecule has 0 saturated heterocycles. The van der Waals surface area contributed by atoms with E-state index in [1.54, 1.807) is 48.7 Å². The number of benzene rings is 2. The highest BCUT2D eigenvalue weighted by Crippen LogP contribution is 2.27. The molecule has 3 rings (SSSR count). The summed E-state index contributed by atoms with van der Waals surface area (Å²) in [5.41, 5.74) is 6.55. The highest BCUT2D eigenvalue weighted by molar-refractivity contribution is 6.10. The molecule has 0 saturated carbocycles. The molecule has 33 heavy (non-hydrogen) atoms. The Labute approximate surface area is 191 Å². The standard InChI is InChI=1S/C21H20O6.C4H6N2/c1-26-20-11-14(5-9-18(20)24)3-7-16(22)13-17(23)8-4-15-6-10-19(25)21(12-15)27-2;5-4-2-1-3-6-4/h3-12,24-25H,13H2,1-2H3;1-3,6H,5H2/b7-3+,8-4+;. The maximum Gasteiger partial charge on any atom is 0.163 e. The van der Waals surface area contributed by atoms with E-state index >= 15 is 0 Å². The summed E-state index contributed by atoms with van der Waals surface area (Å²) in [6, 6.07) is 13.0. The van der Waals surface area contributed by atoms with Crippen LogP contribution < -0.4 is 15.2 Å². The predicted octanol–water partition coefficient (Wildman–Crippen LogP) is 3.97. The minimum atomic E-state index is -0.347. The normalized spacial score (nSPS) is 10.6. The number of allylic oxidation sites excluding steroid dienone is 2. The molecule has 0 aliphatic carbocycles. The molecule has 2 aromatic carbocycles. The Balaban J connectivity index is 0.000000554. The number of ketones is 2. The third kappa shape index (κ3) is 8.29. The number of nitrogens with one attached hydrogen (secondary N) is 1. The SMILES string of the molecule is COc1cc(/C=C/C(=O)CC(=O)/C=C/c2ccc(O)c(OC)c2)ccc1O.Nc1ccc[nH]1. The van der Waals surface area contributed by atoms with Gasteiger partial charge in [0.2, 0.25) is 0 Å². The number of rotatable bonds is 8. The van der Waals surface area contributed by atoms with E-state index in [0.29, 0.717) is 22.6 Å². The molecule has 0 fully saturated rings. The minimum Gasteiger partial charge on any atom is -0.504 e. The van der Waals surface area contributed by atoms with Crippen LogP contribution in [0.25, 0.3) is 12.2 Å². The summed E-state index contributed by atoms with van der Waals surface area (Å²) < 4.78 is 10.00. The number of methoxy groups -OCH3 is 2. The lowest BCUT2D eigenvalue weighted by atomic mass is 10.1. The number of phenols is 2. The molecule has 0 spiro atoms. The Morgan fingerprint density at radius 1 is 0.879 bits per heavy atom. The van der Waals surface area contributed by atoms with Gasteiger partial charge >= 0.3 is 0 Å². The molecule has 172 valence electrons. The van der Waals surface area contributed by atoms with Crippen molar-refractivity contribution in [3.8, 4) is 23.0 Å². The molecular formula is C25H26N2O6. The van der Waals surface area contributed by atoms with Crippen molar-refractivity contribution >= 4 is 29.5 Å². The molecule has 1 heterocycles. The first-order chi connectivity index (χ1) is 15.8. The van der Waals surface area contributed by atoms with Gasteiger partial charge in [0.25, 0.3) is 0 Å². The highest BCUT2D eigenvalue weighted by atomic mass is 16.5. The Hall–Kier alpha value is -4.46. The molecule has 0 aliphatic heterocycles. The van der Waals surface area contributed by atoms with Crippen molar-refractivity contribution in [2.45, 2.75) is 6.42 Å². The molecule has 0 aliphatic rings. The monoisotopic (exact) mass is 450 g/mol. The maximum absolute atomic E-state index is 11.9. The van der Waals surface area contributed by atoms with Crippen LogP contribution in [-0.2, 0) is 9.59 Å². The molecule has 3 aromatic rings. The third-order valence-corrected chi connectivity index (χ3v) is 4.30. The molecule has 5 N–H and O–H groups in total. The molecule has 8 heteroatoms. The van der Waals surface area contributed by atoms with E-state index < -0.39 is 0 Å². The van der Waals surface area contributed by atoms with E-state index in [-0.39, 0.29) is 29.5 Å². The second-order valence-corrected chi connectivity index (χ2v) is 6.76. The Bertz CT molecular complexity index is 1060. The summed E-state index contributed by atoms with van der Waals surface area (Å²) in [5.74, 6) is 0.634. The minimum absolute atomic E-state index is 0.00662. The van der Waals surface area contributed by atoms with Crippen LogP contribution in [-0.4, -0.2) is 41.0 Å². The van der Waals surface area contributed by atoms with E-state index in [1.165, 1.54) is 38.5 Å². The van der Waals surface area contributed by atoms with Crippen LogP contribution in [0.2, 0.25) is 0 Å². The summed E-state index contributed by atoms with van der Waals surface area (Å²) >= 11 is 0. The second-order valence-electron chi connectivity index (χ2n) is 6.76. The van der Waals surface area contributed by atoms with Crippen LogP contribution >= 0.6 is 0 Å². The van der Waals surface area contributed by atoms with Gasteiger partial charge in [-0.2, -0.15) is 0 Å². The van der Waals surface area contributed by atoms with Crippen LogP contribution in [0.3, 0.4) is 0 Å². The topological polar surface area (TPSA) is 135 Å². The van der Waals surface area contributed by atoms with Gasteiger partial charge in [0.1, 0.15) is 5.82 Å². The average molecular weight is 450 g/mol. The number of hydrogen-bond acceptors (Lipinski definition) is 7. The largest absolute Gasteiger partial charge is 0.504 e. The van der Waals surface area contributed by atoms with Crippen LogP contribution in [0.15, 0.2) is 66.9 Å². The van der Waals surface area contributed by atoms with Crippen molar-refractivity contribution in [2.75, 3.05) is 20.0 Å². The Kier molecular flexibility index (Phi) is 9.33. The number of ether oxygens (including phenoxy) is 2. The molecule has 0 bridgehead atoms. The van der Waals surface area contributed by atoms with E-state index in [4.69, 9.17) is 15.2 Å². The third-order valence-electron chi connectivity index (χ3n) is 4.30. The number of phenolic OH excluding ortho intramolecular Hbond substituents is 2. The number of nitrogens with two attached hydrogens (primary N) is 1. The van der Waals surface area contributed by atoms with Crippen molar-refractivity contribution in [2.24, 2.45) is 0 Å².